The molecule has 0 fully saturated rings. The Bertz CT molecular complexity index is 2000. The average Bonchev–Trinajstić information content (AvgIpc) is 3.18. The Labute approximate surface area is 305 Å². The standard InChI is InChI=1S/C45H43N3O4/c1-4-5-6-7-10-15-31(2)51-45(50)32(3)52-39-28-29-40(41(49)30-39)44-47-42(37-24-20-35(21-25-37)33-16-11-8-12-17-33)46-43(48-44)38-26-22-36(23-27-38)34-18-13-9-14-19-34/h8-9,11-14,16-30,32,49H,2,4-7,10,15H2,1,3H3. The normalized spacial score (nSPS) is 11.5. The van der Waals surface area contributed by atoms with E-state index in [1.54, 1.807) is 19.1 Å². The maximum Gasteiger partial charge on any atom is 0.352 e. The van der Waals surface area contributed by atoms with Crippen LogP contribution in [-0.2, 0) is 9.53 Å². The van der Waals surface area contributed by atoms with E-state index in [0.29, 0.717) is 41.0 Å². The first-order valence-corrected chi connectivity index (χ1v) is 17.8. The molecule has 262 valence electrons. The Morgan fingerprint density at radius 1 is 0.635 bits per heavy atom. The van der Waals surface area contributed by atoms with Crippen molar-refractivity contribution in [1.82, 2.24) is 15.0 Å². The molecule has 1 N–H and O–H groups in total. The number of carbonyl (C=O) groups is 1. The van der Waals surface area contributed by atoms with Gasteiger partial charge in [-0.15, -0.1) is 0 Å². The van der Waals surface area contributed by atoms with E-state index in [0.717, 1.165) is 52.6 Å². The number of rotatable bonds is 15. The van der Waals surface area contributed by atoms with Crippen LogP contribution in [0.25, 0.3) is 56.4 Å². The highest BCUT2D eigenvalue weighted by Gasteiger charge is 2.20. The number of carbonyl (C=O) groups excluding carboxylic acids is 1. The van der Waals surface area contributed by atoms with Crippen LogP contribution in [0.5, 0.6) is 11.5 Å². The number of phenols is 1. The zero-order valence-corrected chi connectivity index (χ0v) is 29.7. The number of aromatic nitrogens is 3. The summed E-state index contributed by atoms with van der Waals surface area (Å²) >= 11 is 0. The van der Waals surface area contributed by atoms with Crippen molar-refractivity contribution in [3.8, 4) is 67.9 Å². The van der Waals surface area contributed by atoms with Crippen LogP contribution in [0.2, 0.25) is 0 Å². The van der Waals surface area contributed by atoms with E-state index in [2.05, 4.69) is 37.8 Å². The second-order valence-electron chi connectivity index (χ2n) is 12.8. The molecule has 0 saturated carbocycles. The molecule has 0 amide bonds. The molecular weight excluding hydrogens is 647 g/mol. The number of ether oxygens (including phenoxy) is 2. The van der Waals surface area contributed by atoms with Gasteiger partial charge >= 0.3 is 5.97 Å². The third kappa shape index (κ3) is 9.17. The van der Waals surface area contributed by atoms with Crippen LogP contribution in [-0.4, -0.2) is 32.1 Å². The molecule has 0 aliphatic heterocycles. The molecule has 1 unspecified atom stereocenters. The molecule has 0 aliphatic carbocycles. The van der Waals surface area contributed by atoms with Gasteiger partial charge in [0.05, 0.1) is 5.56 Å². The van der Waals surface area contributed by atoms with Gasteiger partial charge in [0.1, 0.15) is 17.3 Å². The van der Waals surface area contributed by atoms with E-state index in [9.17, 15) is 9.90 Å². The Kier molecular flexibility index (Phi) is 11.8. The van der Waals surface area contributed by atoms with E-state index in [1.807, 2.05) is 84.9 Å². The molecule has 7 nitrogen and oxygen atoms in total. The SMILES string of the molecule is C=C(CCCCCCC)OC(=O)C(C)Oc1ccc(-c2nc(-c3ccc(-c4ccccc4)cc3)nc(-c3ccc(-c4ccccc4)cc3)n2)c(O)c1. The number of allylic oxidation sites excluding steroid dienone is 1. The third-order valence-corrected chi connectivity index (χ3v) is 8.79. The highest BCUT2D eigenvalue weighted by atomic mass is 16.6. The van der Waals surface area contributed by atoms with Crippen molar-refractivity contribution in [3.63, 3.8) is 0 Å². The van der Waals surface area contributed by atoms with E-state index in [4.69, 9.17) is 24.4 Å². The fraction of sp³-hybridized carbons (Fsp3) is 0.200. The van der Waals surface area contributed by atoms with Crippen molar-refractivity contribution >= 4 is 5.97 Å². The molecule has 1 atom stereocenters. The monoisotopic (exact) mass is 689 g/mol. The lowest BCUT2D eigenvalue weighted by Gasteiger charge is -2.16. The van der Waals surface area contributed by atoms with E-state index in [1.165, 1.54) is 18.9 Å². The molecule has 6 rings (SSSR count). The zero-order valence-electron chi connectivity index (χ0n) is 29.7. The minimum atomic E-state index is -0.907. The Balaban J connectivity index is 1.25. The van der Waals surface area contributed by atoms with Gasteiger partial charge in [0, 0.05) is 23.6 Å². The summed E-state index contributed by atoms with van der Waals surface area (Å²) in [5, 5.41) is 11.2. The number of esters is 1. The first-order chi connectivity index (χ1) is 25.4. The van der Waals surface area contributed by atoms with Crippen molar-refractivity contribution < 1.29 is 19.4 Å². The second kappa shape index (κ2) is 17.2. The van der Waals surface area contributed by atoms with Gasteiger partial charge in [0.25, 0.3) is 0 Å². The van der Waals surface area contributed by atoms with Gasteiger partial charge in [-0.05, 0) is 47.7 Å². The molecule has 1 aromatic heterocycles. The van der Waals surface area contributed by atoms with Crippen LogP contribution in [0.3, 0.4) is 0 Å². The van der Waals surface area contributed by atoms with Crippen LogP contribution in [0, 0.1) is 0 Å². The Hall–Kier alpha value is -6.08. The second-order valence-corrected chi connectivity index (χ2v) is 12.8. The Morgan fingerprint density at radius 3 is 1.63 bits per heavy atom. The fourth-order valence-electron chi connectivity index (χ4n) is 5.87. The van der Waals surface area contributed by atoms with Gasteiger partial charge in [-0.3, -0.25) is 0 Å². The first kappa shape index (κ1) is 35.7. The fourth-order valence-corrected chi connectivity index (χ4v) is 5.87. The number of nitrogens with zero attached hydrogens (tertiary/aromatic N) is 3. The molecule has 0 radical (unpaired) electrons. The van der Waals surface area contributed by atoms with Crippen LogP contribution in [0.15, 0.2) is 140 Å². The minimum absolute atomic E-state index is 0.100. The molecule has 0 bridgehead atoms. The lowest BCUT2D eigenvalue weighted by molar-refractivity contribution is -0.146. The number of phenolic OH excluding ortho intramolecular Hbond substituents is 1. The lowest BCUT2D eigenvalue weighted by atomic mass is 10.0. The van der Waals surface area contributed by atoms with Crippen LogP contribution in [0.1, 0.15) is 52.4 Å². The highest BCUT2D eigenvalue weighted by Crippen LogP contribution is 2.34. The Morgan fingerprint density at radius 2 is 1.12 bits per heavy atom. The maximum absolute atomic E-state index is 12.7. The van der Waals surface area contributed by atoms with Gasteiger partial charge in [0.2, 0.25) is 0 Å². The number of benzene rings is 5. The van der Waals surface area contributed by atoms with Crippen LogP contribution in [0.4, 0.5) is 0 Å². The van der Waals surface area contributed by atoms with Crippen molar-refractivity contribution in [3.05, 3.63) is 140 Å². The van der Waals surface area contributed by atoms with Gasteiger partial charge < -0.3 is 14.6 Å². The van der Waals surface area contributed by atoms with Gasteiger partial charge in [-0.25, -0.2) is 19.7 Å². The van der Waals surface area contributed by atoms with Crippen LogP contribution >= 0.6 is 0 Å². The summed E-state index contributed by atoms with van der Waals surface area (Å²) in [7, 11) is 0. The van der Waals surface area contributed by atoms with E-state index < -0.39 is 12.1 Å². The topological polar surface area (TPSA) is 94.4 Å². The molecule has 0 saturated heterocycles. The summed E-state index contributed by atoms with van der Waals surface area (Å²) in [5.74, 6) is 1.33. The summed E-state index contributed by atoms with van der Waals surface area (Å²) in [6.45, 7) is 7.68. The first-order valence-electron chi connectivity index (χ1n) is 17.8. The van der Waals surface area contributed by atoms with Crippen molar-refractivity contribution in [2.75, 3.05) is 0 Å². The molecule has 7 heteroatoms. The number of unbranched alkanes of at least 4 members (excludes halogenated alkanes) is 4. The molecule has 6 aromatic rings. The molecule has 5 aromatic carbocycles. The molecule has 1 heterocycles. The number of hydrogen-bond donors (Lipinski definition) is 1. The highest BCUT2D eigenvalue weighted by molar-refractivity contribution is 5.76. The summed E-state index contributed by atoms with van der Waals surface area (Å²) in [5.41, 5.74) is 6.39. The predicted molar refractivity (Wildman–Crippen MR) is 207 cm³/mol. The largest absolute Gasteiger partial charge is 0.507 e. The molecular formula is C45H43N3O4. The van der Waals surface area contributed by atoms with E-state index in [-0.39, 0.29) is 5.75 Å². The van der Waals surface area contributed by atoms with Crippen molar-refractivity contribution in [1.29, 1.82) is 0 Å². The lowest BCUT2D eigenvalue weighted by Crippen LogP contribution is -2.25. The van der Waals surface area contributed by atoms with Gasteiger partial charge in [0.15, 0.2) is 23.6 Å². The minimum Gasteiger partial charge on any atom is -0.507 e. The number of hydrogen-bond acceptors (Lipinski definition) is 7. The molecule has 52 heavy (non-hydrogen) atoms. The maximum atomic E-state index is 12.7. The van der Waals surface area contributed by atoms with Crippen LogP contribution < -0.4 is 4.74 Å². The smallest absolute Gasteiger partial charge is 0.352 e. The summed E-state index contributed by atoms with van der Waals surface area (Å²) in [4.78, 5) is 27.2. The molecule has 0 aliphatic rings. The van der Waals surface area contributed by atoms with Gasteiger partial charge in [-0.2, -0.15) is 0 Å². The number of aromatic hydroxyl groups is 1. The zero-order chi connectivity index (χ0) is 36.3. The quantitative estimate of drug-likeness (QED) is 0.0651. The average molecular weight is 690 g/mol. The van der Waals surface area contributed by atoms with E-state index >= 15 is 0 Å². The van der Waals surface area contributed by atoms with Gasteiger partial charge in [-0.1, -0.05) is 148 Å². The summed E-state index contributed by atoms with van der Waals surface area (Å²) < 4.78 is 11.3. The van der Waals surface area contributed by atoms with Crippen molar-refractivity contribution in [2.45, 2.75) is 58.5 Å². The third-order valence-electron chi connectivity index (χ3n) is 8.79. The summed E-state index contributed by atoms with van der Waals surface area (Å²) in [6, 6.07) is 41.3. The molecule has 0 spiro atoms. The predicted octanol–water partition coefficient (Wildman–Crippen LogP) is 11.1. The van der Waals surface area contributed by atoms with Crippen molar-refractivity contribution in [2.24, 2.45) is 0 Å². The summed E-state index contributed by atoms with van der Waals surface area (Å²) in [6.07, 6.45) is 5.25.